The molecule has 0 aromatic rings. The number of hydrogen-bond donors (Lipinski definition) is 3. The third-order valence-corrected chi connectivity index (χ3v) is 8.30. The van der Waals surface area contributed by atoms with Crippen molar-refractivity contribution in [3.63, 3.8) is 0 Å². The number of ether oxygens (including phenoxy) is 2. The summed E-state index contributed by atoms with van der Waals surface area (Å²) in [7, 11) is 0. The van der Waals surface area contributed by atoms with Crippen LogP contribution in [0.5, 0.6) is 0 Å². The number of ketones is 2. The average molecular weight is 607 g/mol. The number of Topliss-reactive ketones (excluding diaryl/α,β-unsaturated/α-hetero) is 1. The van der Waals surface area contributed by atoms with Gasteiger partial charge < -0.3 is 24.8 Å². The highest BCUT2D eigenvalue weighted by molar-refractivity contribution is 6.12. The minimum Gasteiger partial charge on any atom is -0.462 e. The first-order chi connectivity index (χ1) is 20.0. The predicted octanol–water partition coefficient (Wildman–Crippen LogP) is 3.95. The van der Waals surface area contributed by atoms with Gasteiger partial charge in [-0.2, -0.15) is 0 Å². The fourth-order valence-electron chi connectivity index (χ4n) is 5.10. The fraction of sp³-hybridized carbons (Fsp3) is 0.667. The Morgan fingerprint density at radius 3 is 2.07 bits per heavy atom. The van der Waals surface area contributed by atoms with Crippen molar-refractivity contribution in [3.8, 4) is 0 Å². The number of aliphatic hydroxyl groups excluding tert-OH is 3. The Balaban J connectivity index is 2.51. The van der Waals surface area contributed by atoms with Crippen LogP contribution in [0.2, 0.25) is 0 Å². The van der Waals surface area contributed by atoms with Crippen LogP contribution in [0, 0.1) is 23.7 Å². The monoisotopic (exact) mass is 606 g/mol. The highest BCUT2D eigenvalue weighted by atomic mass is 16.6. The topological polar surface area (TPSA) is 164 Å². The highest BCUT2D eigenvalue weighted by Gasteiger charge is 2.36. The molecule has 0 radical (unpaired) electrons. The Labute approximate surface area is 255 Å². The van der Waals surface area contributed by atoms with E-state index in [0.717, 1.165) is 18.4 Å². The molecule has 0 saturated carbocycles. The normalized spacial score (nSPS) is 19.5. The Kier molecular flexibility index (Phi) is 15.9. The van der Waals surface area contributed by atoms with Crippen LogP contribution in [0.25, 0.3) is 0 Å². The lowest BCUT2D eigenvalue weighted by molar-refractivity contribution is -0.154. The molecule has 242 valence electrons. The minimum atomic E-state index is -1.58. The van der Waals surface area contributed by atoms with Gasteiger partial charge in [0.1, 0.15) is 11.9 Å². The van der Waals surface area contributed by atoms with E-state index in [1.165, 1.54) is 13.8 Å². The second-order valence-electron chi connectivity index (χ2n) is 12.1. The Morgan fingerprint density at radius 1 is 0.907 bits per heavy atom. The summed E-state index contributed by atoms with van der Waals surface area (Å²) in [4.78, 5) is 60.6. The quantitative estimate of drug-likeness (QED) is 0.0800. The molecule has 1 aliphatic heterocycles. The second-order valence-corrected chi connectivity index (χ2v) is 12.1. The molecule has 0 aromatic heterocycles. The van der Waals surface area contributed by atoms with Crippen LogP contribution in [0.1, 0.15) is 93.4 Å². The zero-order valence-electron chi connectivity index (χ0n) is 26.6. The molecule has 8 atom stereocenters. The summed E-state index contributed by atoms with van der Waals surface area (Å²) in [6.07, 6.45) is 1.16. The number of carbonyl (C=O) groups is 5. The molecule has 0 fully saturated rings. The van der Waals surface area contributed by atoms with E-state index >= 15 is 0 Å². The predicted molar refractivity (Wildman–Crippen MR) is 160 cm³/mol. The van der Waals surface area contributed by atoms with Gasteiger partial charge in [0.2, 0.25) is 0 Å². The Bertz CT molecular complexity index is 1090. The van der Waals surface area contributed by atoms with Crippen LogP contribution >= 0.6 is 0 Å². The first kappa shape index (κ1) is 38.1. The number of esters is 3. The van der Waals surface area contributed by atoms with Crippen molar-refractivity contribution >= 4 is 29.5 Å². The molecule has 1 rings (SSSR count). The summed E-state index contributed by atoms with van der Waals surface area (Å²) < 4.78 is 9.71. The number of hydrogen-bond acceptors (Lipinski definition) is 10. The number of cyclic esters (lactones) is 2. The van der Waals surface area contributed by atoms with Gasteiger partial charge in [0.25, 0.3) is 0 Å². The van der Waals surface area contributed by atoms with Crippen molar-refractivity contribution in [1.29, 1.82) is 0 Å². The van der Waals surface area contributed by atoms with E-state index in [2.05, 4.69) is 18.2 Å². The zero-order chi connectivity index (χ0) is 33.0. The van der Waals surface area contributed by atoms with E-state index in [1.807, 2.05) is 13.8 Å². The van der Waals surface area contributed by atoms with E-state index in [0.29, 0.717) is 19.3 Å². The third kappa shape index (κ3) is 12.3. The summed E-state index contributed by atoms with van der Waals surface area (Å²) in [5, 5.41) is 31.5. The summed E-state index contributed by atoms with van der Waals surface area (Å²) in [5.74, 6) is -3.91. The van der Waals surface area contributed by atoms with Gasteiger partial charge in [0.05, 0.1) is 30.3 Å². The third-order valence-electron chi connectivity index (χ3n) is 8.30. The van der Waals surface area contributed by atoms with E-state index in [-0.39, 0.29) is 41.0 Å². The molecule has 10 heteroatoms. The maximum absolute atomic E-state index is 12.8. The van der Waals surface area contributed by atoms with Crippen molar-refractivity contribution < 1.29 is 48.8 Å². The molecule has 0 amide bonds. The molecule has 0 spiro atoms. The number of aliphatic hydroxyl groups is 3. The largest absolute Gasteiger partial charge is 0.462 e. The van der Waals surface area contributed by atoms with Gasteiger partial charge in [-0.15, -0.1) is 0 Å². The van der Waals surface area contributed by atoms with Gasteiger partial charge >= 0.3 is 17.9 Å². The first-order valence-electron chi connectivity index (χ1n) is 15.1. The average Bonchev–Trinajstić information content (AvgIpc) is 3.19. The van der Waals surface area contributed by atoms with Crippen LogP contribution in [0.15, 0.2) is 35.5 Å². The lowest BCUT2D eigenvalue weighted by Gasteiger charge is -2.27. The smallest absolute Gasteiger partial charge is 0.345 e. The zero-order valence-corrected chi connectivity index (χ0v) is 26.6. The Morgan fingerprint density at radius 2 is 1.53 bits per heavy atom. The van der Waals surface area contributed by atoms with Crippen LogP contribution in [0.3, 0.4) is 0 Å². The van der Waals surface area contributed by atoms with E-state index < -0.39 is 60.6 Å². The van der Waals surface area contributed by atoms with Crippen LogP contribution < -0.4 is 0 Å². The maximum Gasteiger partial charge on any atom is 0.345 e. The fourth-order valence-corrected chi connectivity index (χ4v) is 5.10. The van der Waals surface area contributed by atoms with Crippen molar-refractivity contribution in [2.75, 3.05) is 0 Å². The minimum absolute atomic E-state index is 0.0736. The summed E-state index contributed by atoms with van der Waals surface area (Å²) in [5.41, 5.74) is 0.552. The summed E-state index contributed by atoms with van der Waals surface area (Å²) in [6, 6.07) is 0. The summed E-state index contributed by atoms with van der Waals surface area (Å²) in [6.45, 7) is 15.8. The van der Waals surface area contributed by atoms with Crippen molar-refractivity contribution in [2.45, 2.75) is 118 Å². The van der Waals surface area contributed by atoms with E-state index in [1.54, 1.807) is 26.0 Å². The molecule has 0 aliphatic carbocycles. The first-order valence-corrected chi connectivity index (χ1v) is 15.1. The van der Waals surface area contributed by atoms with Crippen molar-refractivity contribution in [1.82, 2.24) is 0 Å². The standard InChI is InChI=1S/C33H50O10/c1-9-24(10-2)15-25(34)14-19(4)13-18(3)11-12-26(35)21(6)28(37)16-27(36)20(5)23(8)42-30(39)17-29(38)31-22(7)32(40)43-33(31)41/h9,15,18-21,23,26-27,29,35-36,38H,1,10-14,16-17H2,2-8H3/b24-15-/t18-,19-,20-,21-,23+,26+,27+,29-/m1/s1. The highest BCUT2D eigenvalue weighted by Crippen LogP contribution is 2.25. The van der Waals surface area contributed by atoms with E-state index in [9.17, 15) is 39.3 Å². The van der Waals surface area contributed by atoms with Gasteiger partial charge in [-0.1, -0.05) is 47.3 Å². The molecule has 10 nitrogen and oxygen atoms in total. The van der Waals surface area contributed by atoms with Gasteiger partial charge in [-0.05, 0) is 63.0 Å². The lowest BCUT2D eigenvalue weighted by atomic mass is 9.85. The van der Waals surface area contributed by atoms with Gasteiger partial charge in [0.15, 0.2) is 5.78 Å². The molecule has 0 bridgehead atoms. The van der Waals surface area contributed by atoms with Crippen molar-refractivity contribution in [3.05, 3.63) is 35.5 Å². The van der Waals surface area contributed by atoms with Crippen molar-refractivity contribution in [2.24, 2.45) is 23.7 Å². The maximum atomic E-state index is 12.8. The second kappa shape index (κ2) is 18.0. The molecule has 43 heavy (non-hydrogen) atoms. The van der Waals surface area contributed by atoms with Crippen LogP contribution in [0.4, 0.5) is 0 Å². The molecular formula is C33H50O10. The SMILES string of the molecule is C=C/C(=C/C(=O)C[C@H](C)C[C@H](C)CC[C@H](O)[C@@H](C)C(=O)C[C@H](O)[C@H](C)[C@H](C)OC(=O)C[C@@H](O)C1=C(C)C(=O)OC1=O)CC. The number of rotatable bonds is 20. The Hall–Kier alpha value is -2.95. The molecular weight excluding hydrogens is 556 g/mol. The molecule has 1 heterocycles. The van der Waals surface area contributed by atoms with Crippen LogP contribution in [-0.4, -0.2) is 69.2 Å². The molecule has 0 unspecified atom stereocenters. The molecule has 3 N–H and O–H groups in total. The summed E-state index contributed by atoms with van der Waals surface area (Å²) >= 11 is 0. The van der Waals surface area contributed by atoms with Gasteiger partial charge in [0, 0.05) is 30.3 Å². The number of carbonyl (C=O) groups excluding carboxylic acids is 5. The molecule has 0 aromatic carbocycles. The number of allylic oxidation sites excluding steroid dienone is 3. The molecule has 1 aliphatic rings. The lowest BCUT2D eigenvalue weighted by Crippen LogP contribution is -2.36. The van der Waals surface area contributed by atoms with Gasteiger partial charge in [-0.25, -0.2) is 9.59 Å². The van der Waals surface area contributed by atoms with Gasteiger partial charge in [-0.3, -0.25) is 14.4 Å². The van der Waals surface area contributed by atoms with E-state index in [4.69, 9.17) is 4.74 Å². The van der Waals surface area contributed by atoms with Crippen LogP contribution in [-0.2, 0) is 33.4 Å². The molecule has 0 saturated heterocycles.